The standard InChI is InChI=1S/C16H25F3N4O2/c1-11-20-15(25-22-11)14(12-4-8-24-9-5-12)21-13-2-6-23(7-3-13)10-16(17,18)19/h12-14,21H,2-10H2,1H3. The molecule has 1 unspecified atom stereocenters. The van der Waals surface area contributed by atoms with Crippen LogP contribution in [0, 0.1) is 12.8 Å². The predicted octanol–water partition coefficient (Wildman–Crippen LogP) is 2.46. The molecule has 3 rings (SSSR count). The molecule has 0 saturated carbocycles. The van der Waals surface area contributed by atoms with E-state index in [1.54, 1.807) is 6.92 Å². The number of rotatable bonds is 5. The Labute approximate surface area is 145 Å². The fourth-order valence-corrected chi connectivity index (χ4v) is 3.66. The van der Waals surface area contributed by atoms with Gasteiger partial charge in [0.25, 0.3) is 0 Å². The Hall–Kier alpha value is -1.19. The van der Waals surface area contributed by atoms with Crippen LogP contribution < -0.4 is 5.32 Å². The third kappa shape index (κ3) is 5.39. The molecule has 1 aromatic heterocycles. The molecule has 6 nitrogen and oxygen atoms in total. The molecule has 9 heteroatoms. The summed E-state index contributed by atoms with van der Waals surface area (Å²) in [6.45, 7) is 3.26. The van der Waals surface area contributed by atoms with Gasteiger partial charge in [0.2, 0.25) is 5.89 Å². The first-order valence-electron chi connectivity index (χ1n) is 8.84. The maximum absolute atomic E-state index is 12.5. The summed E-state index contributed by atoms with van der Waals surface area (Å²) >= 11 is 0. The second kappa shape index (κ2) is 8.01. The third-order valence-corrected chi connectivity index (χ3v) is 4.95. The summed E-state index contributed by atoms with van der Waals surface area (Å²) < 4.78 is 48.4. The number of likely N-dealkylation sites (tertiary alicyclic amines) is 1. The van der Waals surface area contributed by atoms with Gasteiger partial charge in [-0.3, -0.25) is 4.90 Å². The highest BCUT2D eigenvalue weighted by Gasteiger charge is 2.35. The fraction of sp³-hybridized carbons (Fsp3) is 0.875. The van der Waals surface area contributed by atoms with Crippen molar-refractivity contribution in [1.82, 2.24) is 20.4 Å². The highest BCUT2D eigenvalue weighted by atomic mass is 19.4. The number of halogens is 3. The number of aryl methyl sites for hydroxylation is 1. The smallest absolute Gasteiger partial charge is 0.381 e. The molecule has 0 amide bonds. The lowest BCUT2D eigenvalue weighted by atomic mass is 9.90. The number of ether oxygens (including phenoxy) is 1. The van der Waals surface area contributed by atoms with E-state index in [-0.39, 0.29) is 12.1 Å². The van der Waals surface area contributed by atoms with Crippen LogP contribution in [0.4, 0.5) is 13.2 Å². The van der Waals surface area contributed by atoms with Gasteiger partial charge in [-0.2, -0.15) is 18.2 Å². The van der Waals surface area contributed by atoms with Gasteiger partial charge in [-0.25, -0.2) is 0 Å². The average Bonchev–Trinajstić information content (AvgIpc) is 3.00. The Morgan fingerprint density at radius 3 is 2.44 bits per heavy atom. The van der Waals surface area contributed by atoms with Crippen LogP contribution in [0.15, 0.2) is 4.52 Å². The number of hydrogen-bond acceptors (Lipinski definition) is 6. The van der Waals surface area contributed by atoms with Gasteiger partial charge in [-0.1, -0.05) is 5.16 Å². The van der Waals surface area contributed by atoms with E-state index in [0.717, 1.165) is 12.8 Å². The van der Waals surface area contributed by atoms with Gasteiger partial charge in [-0.15, -0.1) is 0 Å². The van der Waals surface area contributed by atoms with Crippen molar-refractivity contribution in [2.24, 2.45) is 5.92 Å². The normalized spacial score (nSPS) is 23.0. The van der Waals surface area contributed by atoms with Crippen molar-refractivity contribution in [1.29, 1.82) is 0 Å². The largest absolute Gasteiger partial charge is 0.401 e. The zero-order chi connectivity index (χ0) is 17.9. The van der Waals surface area contributed by atoms with E-state index in [4.69, 9.17) is 9.26 Å². The SMILES string of the molecule is Cc1noc(C(NC2CCN(CC(F)(F)F)CC2)C2CCOCC2)n1. The van der Waals surface area contributed by atoms with E-state index < -0.39 is 12.7 Å². The maximum atomic E-state index is 12.5. The molecular weight excluding hydrogens is 337 g/mol. The lowest BCUT2D eigenvalue weighted by Gasteiger charge is -2.36. The van der Waals surface area contributed by atoms with E-state index in [1.807, 2.05) is 0 Å². The molecule has 2 fully saturated rings. The summed E-state index contributed by atoms with van der Waals surface area (Å²) in [5, 5.41) is 7.47. The molecule has 0 aromatic carbocycles. The van der Waals surface area contributed by atoms with Gasteiger partial charge >= 0.3 is 6.18 Å². The Bertz CT molecular complexity index is 538. The van der Waals surface area contributed by atoms with Crippen LogP contribution in [-0.4, -0.2) is 60.1 Å². The highest BCUT2D eigenvalue weighted by Crippen LogP contribution is 2.31. The first kappa shape index (κ1) is 18.6. The zero-order valence-corrected chi connectivity index (χ0v) is 14.4. The second-order valence-corrected chi connectivity index (χ2v) is 6.94. The first-order chi connectivity index (χ1) is 11.9. The van der Waals surface area contributed by atoms with Crippen molar-refractivity contribution in [3.05, 3.63) is 11.7 Å². The highest BCUT2D eigenvalue weighted by molar-refractivity contribution is 4.97. The number of nitrogens with one attached hydrogen (secondary N) is 1. The minimum atomic E-state index is -4.13. The minimum absolute atomic E-state index is 0.0655. The summed E-state index contributed by atoms with van der Waals surface area (Å²) in [5.74, 6) is 1.50. The van der Waals surface area contributed by atoms with Crippen molar-refractivity contribution in [3.63, 3.8) is 0 Å². The fourth-order valence-electron chi connectivity index (χ4n) is 3.66. The summed E-state index contributed by atoms with van der Waals surface area (Å²) in [7, 11) is 0. The molecule has 0 radical (unpaired) electrons. The van der Waals surface area contributed by atoms with Gasteiger partial charge in [0.1, 0.15) is 0 Å². The van der Waals surface area contributed by atoms with Crippen molar-refractivity contribution in [3.8, 4) is 0 Å². The molecule has 25 heavy (non-hydrogen) atoms. The predicted molar refractivity (Wildman–Crippen MR) is 84.0 cm³/mol. The van der Waals surface area contributed by atoms with Crippen LogP contribution in [0.25, 0.3) is 0 Å². The van der Waals surface area contributed by atoms with Gasteiger partial charge in [0.05, 0.1) is 12.6 Å². The summed E-state index contributed by atoms with van der Waals surface area (Å²) in [5.41, 5.74) is 0. The number of nitrogens with zero attached hydrogens (tertiary/aromatic N) is 3. The molecule has 1 aromatic rings. The molecule has 1 atom stereocenters. The molecule has 0 bridgehead atoms. The number of alkyl halides is 3. The molecule has 0 aliphatic carbocycles. The van der Waals surface area contributed by atoms with Crippen molar-refractivity contribution in [2.75, 3.05) is 32.8 Å². The average molecular weight is 362 g/mol. The van der Waals surface area contributed by atoms with Crippen LogP contribution in [0.3, 0.4) is 0 Å². The molecule has 2 aliphatic heterocycles. The quantitative estimate of drug-likeness (QED) is 0.868. The zero-order valence-electron chi connectivity index (χ0n) is 14.4. The first-order valence-corrected chi connectivity index (χ1v) is 8.84. The molecule has 2 saturated heterocycles. The second-order valence-electron chi connectivity index (χ2n) is 6.94. The Balaban J connectivity index is 1.59. The summed E-state index contributed by atoms with van der Waals surface area (Å²) in [6.07, 6.45) is -0.948. The van der Waals surface area contributed by atoms with Crippen molar-refractivity contribution in [2.45, 2.75) is 50.9 Å². The van der Waals surface area contributed by atoms with Crippen LogP contribution in [0.5, 0.6) is 0 Å². The van der Waals surface area contributed by atoms with Crippen LogP contribution in [0.1, 0.15) is 43.4 Å². The van der Waals surface area contributed by atoms with Crippen LogP contribution in [-0.2, 0) is 4.74 Å². The Kier molecular flexibility index (Phi) is 5.96. The van der Waals surface area contributed by atoms with Gasteiger partial charge < -0.3 is 14.6 Å². The topological polar surface area (TPSA) is 63.4 Å². The van der Waals surface area contributed by atoms with E-state index in [0.29, 0.717) is 56.8 Å². The number of aromatic nitrogens is 2. The Morgan fingerprint density at radius 2 is 1.88 bits per heavy atom. The third-order valence-electron chi connectivity index (χ3n) is 4.95. The molecule has 0 spiro atoms. The maximum Gasteiger partial charge on any atom is 0.401 e. The number of piperidine rings is 1. The minimum Gasteiger partial charge on any atom is -0.381 e. The monoisotopic (exact) mass is 362 g/mol. The van der Waals surface area contributed by atoms with Gasteiger partial charge in [0.15, 0.2) is 5.82 Å². The van der Waals surface area contributed by atoms with E-state index in [9.17, 15) is 13.2 Å². The summed E-state index contributed by atoms with van der Waals surface area (Å²) in [4.78, 5) is 5.85. The number of hydrogen-bond donors (Lipinski definition) is 1. The van der Waals surface area contributed by atoms with Crippen molar-refractivity contribution >= 4 is 0 Å². The molecule has 2 aliphatic rings. The van der Waals surface area contributed by atoms with Gasteiger partial charge in [0, 0.05) is 19.3 Å². The van der Waals surface area contributed by atoms with Crippen molar-refractivity contribution < 1.29 is 22.4 Å². The molecule has 142 valence electrons. The molecule has 3 heterocycles. The van der Waals surface area contributed by atoms with E-state index in [1.165, 1.54) is 4.90 Å². The Morgan fingerprint density at radius 1 is 1.20 bits per heavy atom. The van der Waals surface area contributed by atoms with Gasteiger partial charge in [-0.05, 0) is 51.6 Å². The lowest BCUT2D eigenvalue weighted by molar-refractivity contribution is -0.148. The summed E-state index contributed by atoms with van der Waals surface area (Å²) in [6, 6.07) is 0.0915. The van der Waals surface area contributed by atoms with E-state index in [2.05, 4.69) is 15.5 Å². The van der Waals surface area contributed by atoms with Crippen LogP contribution in [0.2, 0.25) is 0 Å². The lowest BCUT2D eigenvalue weighted by Crippen LogP contribution is -2.47. The van der Waals surface area contributed by atoms with Crippen LogP contribution >= 0.6 is 0 Å². The molecule has 1 N–H and O–H groups in total. The molecular formula is C16H25F3N4O2. The van der Waals surface area contributed by atoms with E-state index >= 15 is 0 Å².